The van der Waals surface area contributed by atoms with E-state index in [0.717, 1.165) is 43.7 Å². The van der Waals surface area contributed by atoms with Crippen LogP contribution in [0.25, 0.3) is 0 Å². The van der Waals surface area contributed by atoms with Gasteiger partial charge in [0.25, 0.3) is 0 Å². The first-order valence-corrected chi connectivity index (χ1v) is 10.6. The minimum Gasteiger partial charge on any atom is -0.347 e. The molecule has 2 aromatic heterocycles. The number of amides is 1. The smallest absolute Gasteiger partial charge is 0.224 e. The molecule has 1 N–H and O–H groups in total. The van der Waals surface area contributed by atoms with Gasteiger partial charge in [0.2, 0.25) is 5.91 Å². The van der Waals surface area contributed by atoms with E-state index in [4.69, 9.17) is 0 Å². The first-order chi connectivity index (χ1) is 14.7. The zero-order valence-corrected chi connectivity index (χ0v) is 17.4. The van der Waals surface area contributed by atoms with Crippen LogP contribution in [0.15, 0.2) is 67.1 Å². The van der Waals surface area contributed by atoms with Crippen molar-refractivity contribution in [3.8, 4) is 0 Å². The van der Waals surface area contributed by atoms with Crippen LogP contribution in [0.5, 0.6) is 0 Å². The summed E-state index contributed by atoms with van der Waals surface area (Å²) in [6, 6.07) is 15.7. The van der Waals surface area contributed by atoms with E-state index >= 15 is 0 Å². The molecule has 1 aliphatic heterocycles. The van der Waals surface area contributed by atoms with Gasteiger partial charge in [0.1, 0.15) is 0 Å². The van der Waals surface area contributed by atoms with Crippen LogP contribution >= 0.6 is 0 Å². The molecule has 1 saturated heterocycles. The van der Waals surface area contributed by atoms with Crippen molar-refractivity contribution < 1.29 is 4.79 Å². The maximum Gasteiger partial charge on any atom is 0.224 e. The fraction of sp³-hybridized carbons (Fsp3) is 0.375. The van der Waals surface area contributed by atoms with Crippen LogP contribution in [0.2, 0.25) is 0 Å². The summed E-state index contributed by atoms with van der Waals surface area (Å²) in [7, 11) is 1.95. The normalized spacial score (nSPS) is 18.1. The Morgan fingerprint density at radius 3 is 2.73 bits per heavy atom. The number of pyridine rings is 1. The van der Waals surface area contributed by atoms with Gasteiger partial charge in [-0.15, -0.1) is 0 Å². The molecule has 30 heavy (non-hydrogen) atoms. The maximum atomic E-state index is 12.9. The summed E-state index contributed by atoms with van der Waals surface area (Å²) >= 11 is 0. The summed E-state index contributed by atoms with van der Waals surface area (Å²) in [5, 5.41) is 7.58. The van der Waals surface area contributed by atoms with Gasteiger partial charge in [-0.3, -0.25) is 19.4 Å². The molecular formula is C24H29N5O. The lowest BCUT2D eigenvalue weighted by molar-refractivity contribution is -0.121. The molecule has 0 aliphatic carbocycles. The number of nitrogens with one attached hydrogen (secondary N) is 1. The summed E-state index contributed by atoms with van der Waals surface area (Å²) in [6.45, 7) is 2.89. The van der Waals surface area contributed by atoms with E-state index in [0.29, 0.717) is 12.3 Å². The van der Waals surface area contributed by atoms with Gasteiger partial charge in [-0.05, 0) is 43.0 Å². The number of nitrogens with zero attached hydrogens (tertiary/aromatic N) is 4. The standard InChI is InChI=1S/C24H29N5O/c1-28-16-20(15-26-28)17-29-13-7-10-21(18-29)24(22-11-5-6-12-25-22)27-23(30)14-19-8-3-2-4-9-19/h2-6,8-9,11-12,15-16,21,24H,7,10,13-14,17-18H2,1H3,(H,27,30)/t21-,24-/m0/s1. The van der Waals surface area contributed by atoms with Crippen LogP contribution in [0, 0.1) is 5.92 Å². The van der Waals surface area contributed by atoms with E-state index in [1.807, 2.05) is 72.7 Å². The molecule has 6 nitrogen and oxygen atoms in total. The molecule has 0 bridgehead atoms. The minimum absolute atomic E-state index is 0.0428. The highest BCUT2D eigenvalue weighted by molar-refractivity contribution is 5.79. The van der Waals surface area contributed by atoms with Gasteiger partial charge in [0.05, 0.1) is 24.4 Å². The second kappa shape index (κ2) is 9.67. The minimum atomic E-state index is -0.0842. The molecular weight excluding hydrogens is 374 g/mol. The lowest BCUT2D eigenvalue weighted by atomic mass is 9.88. The van der Waals surface area contributed by atoms with Crippen LogP contribution in [0.4, 0.5) is 0 Å². The monoisotopic (exact) mass is 403 g/mol. The van der Waals surface area contributed by atoms with E-state index in [2.05, 4.69) is 26.5 Å². The summed E-state index contributed by atoms with van der Waals surface area (Å²) < 4.78 is 1.84. The number of rotatable bonds is 7. The van der Waals surface area contributed by atoms with E-state index < -0.39 is 0 Å². The molecule has 0 radical (unpaired) electrons. The van der Waals surface area contributed by atoms with E-state index in [1.165, 1.54) is 5.56 Å². The largest absolute Gasteiger partial charge is 0.347 e. The summed E-state index contributed by atoms with van der Waals surface area (Å²) in [6.07, 6.45) is 8.39. The van der Waals surface area contributed by atoms with E-state index in [-0.39, 0.29) is 11.9 Å². The Bertz CT molecular complexity index is 940. The van der Waals surface area contributed by atoms with Gasteiger partial charge in [-0.2, -0.15) is 5.10 Å². The second-order valence-electron chi connectivity index (χ2n) is 8.12. The molecule has 0 unspecified atom stereocenters. The van der Waals surface area contributed by atoms with Gasteiger partial charge in [-0.1, -0.05) is 36.4 Å². The van der Waals surface area contributed by atoms with E-state index in [9.17, 15) is 4.79 Å². The van der Waals surface area contributed by atoms with Gasteiger partial charge in [0.15, 0.2) is 0 Å². The first kappa shape index (κ1) is 20.3. The van der Waals surface area contributed by atoms with Gasteiger partial charge in [-0.25, -0.2) is 0 Å². The van der Waals surface area contributed by atoms with Crippen molar-refractivity contribution in [3.63, 3.8) is 0 Å². The zero-order chi connectivity index (χ0) is 20.8. The summed E-state index contributed by atoms with van der Waals surface area (Å²) in [5.74, 6) is 0.367. The highest BCUT2D eigenvalue weighted by atomic mass is 16.1. The molecule has 3 aromatic rings. The average molecular weight is 404 g/mol. The molecule has 3 heterocycles. The van der Waals surface area contributed by atoms with Gasteiger partial charge >= 0.3 is 0 Å². The third-order valence-corrected chi connectivity index (χ3v) is 5.71. The van der Waals surface area contributed by atoms with E-state index in [1.54, 1.807) is 0 Å². The summed E-state index contributed by atoms with van der Waals surface area (Å²) in [5.41, 5.74) is 3.18. The fourth-order valence-corrected chi connectivity index (χ4v) is 4.32. The molecule has 1 fully saturated rings. The molecule has 6 heteroatoms. The van der Waals surface area contributed by atoms with Crippen molar-refractivity contribution in [3.05, 3.63) is 83.9 Å². The Hall–Kier alpha value is -2.99. The van der Waals surface area contributed by atoms with Crippen molar-refractivity contribution >= 4 is 5.91 Å². The van der Waals surface area contributed by atoms with Crippen LogP contribution in [0.3, 0.4) is 0 Å². The molecule has 4 rings (SSSR count). The van der Waals surface area contributed by atoms with Crippen LogP contribution < -0.4 is 5.32 Å². The molecule has 1 aliphatic rings. The molecule has 1 aromatic carbocycles. The highest BCUT2D eigenvalue weighted by Gasteiger charge is 2.30. The average Bonchev–Trinajstić information content (AvgIpc) is 3.18. The number of carbonyl (C=O) groups excluding carboxylic acids is 1. The summed E-state index contributed by atoms with van der Waals surface area (Å²) in [4.78, 5) is 19.9. The predicted octanol–water partition coefficient (Wildman–Crippen LogP) is 3.13. The lowest BCUT2D eigenvalue weighted by Crippen LogP contribution is -2.43. The number of hydrogen-bond donors (Lipinski definition) is 1. The number of likely N-dealkylation sites (tertiary alicyclic amines) is 1. The molecule has 0 spiro atoms. The first-order valence-electron chi connectivity index (χ1n) is 10.6. The number of aryl methyl sites for hydroxylation is 1. The Labute approximate surface area is 177 Å². The van der Waals surface area contributed by atoms with Crippen molar-refractivity contribution in [2.45, 2.75) is 31.8 Å². The van der Waals surface area contributed by atoms with Crippen molar-refractivity contribution in [1.29, 1.82) is 0 Å². The molecule has 1 amide bonds. The van der Waals surface area contributed by atoms with Gasteiger partial charge < -0.3 is 5.32 Å². The molecule has 0 saturated carbocycles. The SMILES string of the molecule is Cn1cc(CN2CCC[C@H]([C@H](NC(=O)Cc3ccccc3)c3ccccn3)C2)cn1. The second-order valence-corrected chi connectivity index (χ2v) is 8.12. The Morgan fingerprint density at radius 1 is 1.17 bits per heavy atom. The van der Waals surface area contributed by atoms with Crippen LogP contribution in [0.1, 0.15) is 35.7 Å². The van der Waals surface area contributed by atoms with Crippen LogP contribution in [-0.4, -0.2) is 38.7 Å². The quantitative estimate of drug-likeness (QED) is 0.658. The maximum absolute atomic E-state index is 12.9. The third kappa shape index (κ3) is 5.33. The topological polar surface area (TPSA) is 63.0 Å². The third-order valence-electron chi connectivity index (χ3n) is 5.71. The fourth-order valence-electron chi connectivity index (χ4n) is 4.32. The van der Waals surface area contributed by atoms with Crippen molar-refractivity contribution in [2.24, 2.45) is 13.0 Å². The Morgan fingerprint density at radius 2 is 2.00 bits per heavy atom. The zero-order valence-electron chi connectivity index (χ0n) is 17.4. The molecule has 156 valence electrons. The predicted molar refractivity (Wildman–Crippen MR) is 116 cm³/mol. The lowest BCUT2D eigenvalue weighted by Gasteiger charge is -2.37. The Balaban J connectivity index is 1.47. The highest BCUT2D eigenvalue weighted by Crippen LogP contribution is 2.29. The van der Waals surface area contributed by atoms with Gasteiger partial charge in [0, 0.05) is 38.1 Å². The van der Waals surface area contributed by atoms with Crippen molar-refractivity contribution in [1.82, 2.24) is 25.0 Å². The number of carbonyl (C=O) groups is 1. The molecule has 2 atom stereocenters. The number of hydrogen-bond acceptors (Lipinski definition) is 4. The Kier molecular flexibility index (Phi) is 6.54. The number of aromatic nitrogens is 3. The number of benzene rings is 1. The number of piperidine rings is 1. The van der Waals surface area contributed by atoms with Crippen molar-refractivity contribution in [2.75, 3.05) is 13.1 Å². The van der Waals surface area contributed by atoms with Crippen LogP contribution in [-0.2, 0) is 24.8 Å².